The highest BCUT2D eigenvalue weighted by Gasteiger charge is 2.03. The second-order valence-corrected chi connectivity index (χ2v) is 6.18. The Labute approximate surface area is 121 Å². The van der Waals surface area contributed by atoms with Gasteiger partial charge in [0.25, 0.3) is 0 Å². The maximum atomic E-state index is 3.64. The zero-order chi connectivity index (χ0) is 13.0. The van der Waals surface area contributed by atoms with E-state index in [1.54, 1.807) is 11.8 Å². The summed E-state index contributed by atoms with van der Waals surface area (Å²) in [6, 6.07) is 15.1. The molecule has 1 N–H and O–H groups in total. The predicted molar refractivity (Wildman–Crippen MR) is 82.2 cm³/mol. The molecular formula is C15H16BrNS. The van der Waals surface area contributed by atoms with Crippen molar-refractivity contribution in [3.05, 3.63) is 58.1 Å². The molecule has 0 aliphatic carbocycles. The predicted octanol–water partition coefficient (Wildman–Crippen LogP) is 4.63. The monoisotopic (exact) mass is 321 g/mol. The third kappa shape index (κ3) is 3.61. The van der Waals surface area contributed by atoms with Crippen LogP contribution in [0, 0.1) is 6.92 Å². The molecule has 18 heavy (non-hydrogen) atoms. The van der Waals surface area contributed by atoms with Gasteiger partial charge in [0.2, 0.25) is 0 Å². The molecule has 0 saturated carbocycles. The lowest BCUT2D eigenvalue weighted by Crippen LogP contribution is -2.04. The van der Waals surface area contributed by atoms with E-state index in [1.807, 2.05) is 7.05 Å². The van der Waals surface area contributed by atoms with Gasteiger partial charge in [-0.3, -0.25) is 0 Å². The van der Waals surface area contributed by atoms with Crippen molar-refractivity contribution >= 4 is 27.7 Å². The normalized spacial score (nSPS) is 10.6. The molecule has 0 aromatic heterocycles. The molecule has 0 heterocycles. The van der Waals surface area contributed by atoms with Gasteiger partial charge in [0.05, 0.1) is 0 Å². The van der Waals surface area contributed by atoms with Gasteiger partial charge in [0.1, 0.15) is 0 Å². The smallest absolute Gasteiger partial charge is 0.0318 e. The quantitative estimate of drug-likeness (QED) is 0.881. The summed E-state index contributed by atoms with van der Waals surface area (Å²) >= 11 is 5.42. The van der Waals surface area contributed by atoms with Crippen LogP contribution in [0.2, 0.25) is 0 Å². The Morgan fingerprint density at radius 3 is 2.44 bits per heavy atom. The van der Waals surface area contributed by atoms with Crippen LogP contribution in [0.25, 0.3) is 0 Å². The summed E-state index contributed by atoms with van der Waals surface area (Å²) in [7, 11) is 1.96. The first-order valence-electron chi connectivity index (χ1n) is 5.86. The van der Waals surface area contributed by atoms with Gasteiger partial charge in [-0.1, -0.05) is 35.5 Å². The number of hydrogen-bond donors (Lipinski definition) is 1. The number of nitrogens with one attached hydrogen (secondary N) is 1. The van der Waals surface area contributed by atoms with Crippen molar-refractivity contribution in [1.82, 2.24) is 5.32 Å². The fraction of sp³-hybridized carbons (Fsp3) is 0.200. The van der Waals surface area contributed by atoms with Crippen LogP contribution in [0.3, 0.4) is 0 Å². The number of hydrogen-bond acceptors (Lipinski definition) is 2. The zero-order valence-corrected chi connectivity index (χ0v) is 12.9. The van der Waals surface area contributed by atoms with Crippen molar-refractivity contribution in [2.24, 2.45) is 0 Å². The van der Waals surface area contributed by atoms with Gasteiger partial charge in [0, 0.05) is 20.8 Å². The Kier molecular flexibility index (Phi) is 4.87. The molecule has 1 nitrogen and oxygen atoms in total. The molecule has 0 radical (unpaired) electrons. The molecule has 2 aromatic carbocycles. The first-order valence-corrected chi connectivity index (χ1v) is 7.47. The number of benzene rings is 2. The van der Waals surface area contributed by atoms with Gasteiger partial charge >= 0.3 is 0 Å². The molecule has 0 fully saturated rings. The van der Waals surface area contributed by atoms with E-state index in [1.165, 1.54) is 20.9 Å². The molecule has 3 heteroatoms. The molecule has 94 valence electrons. The molecule has 0 spiro atoms. The van der Waals surface area contributed by atoms with Crippen LogP contribution in [0.15, 0.2) is 56.7 Å². The molecule has 0 aliphatic heterocycles. The fourth-order valence-electron chi connectivity index (χ4n) is 1.67. The first kappa shape index (κ1) is 13.7. The van der Waals surface area contributed by atoms with Crippen LogP contribution in [-0.4, -0.2) is 7.05 Å². The van der Waals surface area contributed by atoms with E-state index in [2.05, 4.69) is 70.6 Å². The Balaban J connectivity index is 2.16. The summed E-state index contributed by atoms with van der Waals surface area (Å²) in [5.41, 5.74) is 2.58. The summed E-state index contributed by atoms with van der Waals surface area (Å²) < 4.78 is 1.15. The van der Waals surface area contributed by atoms with Crippen molar-refractivity contribution in [2.75, 3.05) is 7.05 Å². The minimum Gasteiger partial charge on any atom is -0.316 e. The van der Waals surface area contributed by atoms with Crippen molar-refractivity contribution in [1.29, 1.82) is 0 Å². The van der Waals surface area contributed by atoms with Crippen molar-refractivity contribution in [2.45, 2.75) is 23.3 Å². The summed E-state index contributed by atoms with van der Waals surface area (Å²) in [4.78, 5) is 2.52. The van der Waals surface area contributed by atoms with Gasteiger partial charge in [0.15, 0.2) is 0 Å². The van der Waals surface area contributed by atoms with E-state index in [0.29, 0.717) is 0 Å². The van der Waals surface area contributed by atoms with E-state index in [4.69, 9.17) is 0 Å². The average Bonchev–Trinajstić information content (AvgIpc) is 2.36. The van der Waals surface area contributed by atoms with Crippen LogP contribution in [0.5, 0.6) is 0 Å². The second-order valence-electron chi connectivity index (χ2n) is 4.21. The first-order chi connectivity index (χ1) is 8.69. The number of aryl methyl sites for hydroxylation is 1. The highest BCUT2D eigenvalue weighted by molar-refractivity contribution is 9.10. The van der Waals surface area contributed by atoms with Crippen LogP contribution in [0.4, 0.5) is 0 Å². The van der Waals surface area contributed by atoms with E-state index < -0.39 is 0 Å². The lowest BCUT2D eigenvalue weighted by atomic mass is 10.2. The van der Waals surface area contributed by atoms with Gasteiger partial charge in [-0.05, 0) is 59.7 Å². The van der Waals surface area contributed by atoms with Crippen LogP contribution < -0.4 is 5.32 Å². The lowest BCUT2D eigenvalue weighted by Gasteiger charge is -2.07. The van der Waals surface area contributed by atoms with Crippen molar-refractivity contribution < 1.29 is 0 Å². The average molecular weight is 322 g/mol. The Hall–Kier alpha value is -0.770. The molecule has 0 unspecified atom stereocenters. The second kappa shape index (κ2) is 6.41. The summed E-state index contributed by atoms with van der Waals surface area (Å²) in [5, 5.41) is 3.16. The van der Waals surface area contributed by atoms with E-state index in [9.17, 15) is 0 Å². The molecule has 0 aliphatic rings. The maximum Gasteiger partial charge on any atom is 0.0318 e. The third-order valence-electron chi connectivity index (χ3n) is 2.63. The highest BCUT2D eigenvalue weighted by Crippen LogP contribution is 2.34. The molecule has 0 amide bonds. The molecule has 0 bridgehead atoms. The number of rotatable bonds is 4. The van der Waals surface area contributed by atoms with Crippen molar-refractivity contribution in [3.8, 4) is 0 Å². The zero-order valence-electron chi connectivity index (χ0n) is 10.5. The van der Waals surface area contributed by atoms with Crippen molar-refractivity contribution in [3.63, 3.8) is 0 Å². The summed E-state index contributed by atoms with van der Waals surface area (Å²) in [6.45, 7) is 3.00. The topological polar surface area (TPSA) is 12.0 Å². The largest absolute Gasteiger partial charge is 0.316 e. The van der Waals surface area contributed by atoms with Gasteiger partial charge in [-0.2, -0.15) is 0 Å². The van der Waals surface area contributed by atoms with Crippen LogP contribution in [-0.2, 0) is 6.54 Å². The standard InChI is InChI=1S/C15H16BrNS/c1-11-3-6-13(7-4-11)18-15-8-5-12(10-17-2)9-14(15)16/h3-9,17H,10H2,1-2H3. The van der Waals surface area contributed by atoms with Gasteiger partial charge in [-0.15, -0.1) is 0 Å². The van der Waals surface area contributed by atoms with Gasteiger partial charge in [-0.25, -0.2) is 0 Å². The van der Waals surface area contributed by atoms with Crippen LogP contribution in [0.1, 0.15) is 11.1 Å². The highest BCUT2D eigenvalue weighted by atomic mass is 79.9. The molecule has 2 aromatic rings. The molecule has 0 saturated heterocycles. The van der Waals surface area contributed by atoms with E-state index in [-0.39, 0.29) is 0 Å². The van der Waals surface area contributed by atoms with Gasteiger partial charge < -0.3 is 5.32 Å². The Morgan fingerprint density at radius 1 is 1.11 bits per heavy atom. The minimum atomic E-state index is 0.897. The van der Waals surface area contributed by atoms with E-state index >= 15 is 0 Å². The van der Waals surface area contributed by atoms with E-state index in [0.717, 1.165) is 11.0 Å². The third-order valence-corrected chi connectivity index (χ3v) is 4.63. The SMILES string of the molecule is CNCc1ccc(Sc2ccc(C)cc2)c(Br)c1. The molecule has 2 rings (SSSR count). The van der Waals surface area contributed by atoms with Crippen LogP contribution >= 0.6 is 27.7 Å². The maximum absolute atomic E-state index is 3.64. The molecule has 0 atom stereocenters. The Bertz CT molecular complexity index is 523. The minimum absolute atomic E-state index is 0.897. The Morgan fingerprint density at radius 2 is 1.83 bits per heavy atom. The number of halogens is 1. The summed E-state index contributed by atoms with van der Waals surface area (Å²) in [5.74, 6) is 0. The molecular weight excluding hydrogens is 306 g/mol. The lowest BCUT2D eigenvalue weighted by molar-refractivity contribution is 0.816. The summed E-state index contributed by atoms with van der Waals surface area (Å²) in [6.07, 6.45) is 0. The fourth-order valence-corrected chi connectivity index (χ4v) is 3.16.